The standard InChI is InChI=1S/C25H20FN3O3/c1-30-23-12-17(5-10-22(23)32-15-16-3-7-19(26)8-4-16)11-18-6-9-21-25(20(18)13-27)29-24(31-2)14-28-21/h3-10,12,14H,11,15H2,1-2H3. The fraction of sp³-hybridized carbons (Fsp3) is 0.160. The largest absolute Gasteiger partial charge is 0.493 e. The molecule has 1 heterocycles. The molecule has 1 aromatic heterocycles. The molecule has 0 bridgehead atoms. The van der Waals surface area contributed by atoms with Crippen molar-refractivity contribution in [2.24, 2.45) is 0 Å². The lowest BCUT2D eigenvalue weighted by Crippen LogP contribution is -2.00. The lowest BCUT2D eigenvalue weighted by Gasteiger charge is -2.13. The fourth-order valence-electron chi connectivity index (χ4n) is 3.38. The predicted octanol–water partition coefficient (Wildman–Crippen LogP) is 4.83. The third-order valence-electron chi connectivity index (χ3n) is 5.03. The molecule has 7 heteroatoms. The van der Waals surface area contributed by atoms with E-state index in [1.54, 1.807) is 19.2 Å². The van der Waals surface area contributed by atoms with E-state index in [2.05, 4.69) is 16.0 Å². The van der Waals surface area contributed by atoms with E-state index in [0.29, 0.717) is 47.0 Å². The van der Waals surface area contributed by atoms with Crippen molar-refractivity contribution in [2.45, 2.75) is 13.0 Å². The Bertz CT molecular complexity index is 1300. The Hall–Kier alpha value is -4.18. The van der Waals surface area contributed by atoms with Crippen molar-refractivity contribution >= 4 is 11.0 Å². The predicted molar refractivity (Wildman–Crippen MR) is 117 cm³/mol. The van der Waals surface area contributed by atoms with E-state index in [4.69, 9.17) is 14.2 Å². The summed E-state index contributed by atoms with van der Waals surface area (Å²) in [6.07, 6.45) is 2.03. The zero-order valence-corrected chi connectivity index (χ0v) is 17.6. The number of benzene rings is 3. The third kappa shape index (κ3) is 4.44. The molecule has 0 aliphatic rings. The highest BCUT2D eigenvalue weighted by molar-refractivity contribution is 5.82. The molecule has 0 N–H and O–H groups in total. The molecule has 0 amide bonds. The van der Waals surface area contributed by atoms with E-state index in [-0.39, 0.29) is 5.82 Å². The van der Waals surface area contributed by atoms with Crippen molar-refractivity contribution in [1.82, 2.24) is 9.97 Å². The molecule has 0 fully saturated rings. The summed E-state index contributed by atoms with van der Waals surface area (Å²) < 4.78 is 29.6. The van der Waals surface area contributed by atoms with Gasteiger partial charge in [0.25, 0.3) is 0 Å². The van der Waals surface area contributed by atoms with E-state index in [9.17, 15) is 9.65 Å². The highest BCUT2D eigenvalue weighted by atomic mass is 19.1. The van der Waals surface area contributed by atoms with Crippen LogP contribution in [0.1, 0.15) is 22.3 Å². The highest BCUT2D eigenvalue weighted by Gasteiger charge is 2.13. The van der Waals surface area contributed by atoms with Gasteiger partial charge in [-0.15, -0.1) is 0 Å². The number of fused-ring (bicyclic) bond motifs is 1. The summed E-state index contributed by atoms with van der Waals surface area (Å²) in [4.78, 5) is 8.70. The van der Waals surface area contributed by atoms with Gasteiger partial charge >= 0.3 is 0 Å². The van der Waals surface area contributed by atoms with Gasteiger partial charge in [-0.05, 0) is 53.4 Å². The van der Waals surface area contributed by atoms with Crippen LogP contribution in [0.15, 0.2) is 60.8 Å². The van der Waals surface area contributed by atoms with E-state index in [0.717, 1.165) is 16.7 Å². The maximum Gasteiger partial charge on any atom is 0.232 e. The molecule has 0 saturated carbocycles. The molecule has 0 spiro atoms. The number of ether oxygens (including phenoxy) is 3. The smallest absolute Gasteiger partial charge is 0.232 e. The molecule has 32 heavy (non-hydrogen) atoms. The zero-order valence-electron chi connectivity index (χ0n) is 17.6. The first-order valence-corrected chi connectivity index (χ1v) is 9.88. The van der Waals surface area contributed by atoms with Gasteiger partial charge in [-0.25, -0.2) is 14.4 Å². The Morgan fingerprint density at radius 3 is 2.44 bits per heavy atom. The number of methoxy groups -OCH3 is 2. The van der Waals surface area contributed by atoms with Gasteiger partial charge in [-0.2, -0.15) is 5.26 Å². The van der Waals surface area contributed by atoms with Crippen LogP contribution in [0, 0.1) is 17.1 Å². The molecule has 0 unspecified atom stereocenters. The molecule has 0 aliphatic carbocycles. The lowest BCUT2D eigenvalue weighted by molar-refractivity contribution is 0.284. The number of nitrogens with zero attached hydrogens (tertiary/aromatic N) is 3. The molecular weight excluding hydrogens is 409 g/mol. The highest BCUT2D eigenvalue weighted by Crippen LogP contribution is 2.31. The van der Waals surface area contributed by atoms with Gasteiger partial charge in [-0.1, -0.05) is 24.3 Å². The molecule has 6 nitrogen and oxygen atoms in total. The molecule has 4 rings (SSSR count). The molecule has 3 aromatic carbocycles. The van der Waals surface area contributed by atoms with Crippen LogP contribution in [-0.4, -0.2) is 24.2 Å². The van der Waals surface area contributed by atoms with Crippen molar-refractivity contribution < 1.29 is 18.6 Å². The second kappa shape index (κ2) is 9.31. The van der Waals surface area contributed by atoms with E-state index >= 15 is 0 Å². The molecule has 0 radical (unpaired) electrons. The Balaban J connectivity index is 1.58. The van der Waals surface area contributed by atoms with Crippen LogP contribution in [0.25, 0.3) is 11.0 Å². The van der Waals surface area contributed by atoms with Gasteiger partial charge < -0.3 is 14.2 Å². The second-order valence-corrected chi connectivity index (χ2v) is 7.07. The van der Waals surface area contributed by atoms with E-state index in [1.807, 2.05) is 30.3 Å². The molecule has 160 valence electrons. The minimum atomic E-state index is -0.287. The van der Waals surface area contributed by atoms with Gasteiger partial charge in [-0.3, -0.25) is 0 Å². The summed E-state index contributed by atoms with van der Waals surface area (Å²) in [5.74, 6) is 1.22. The SMILES string of the molecule is COc1cnc2ccc(Cc3ccc(OCc4ccc(F)cc4)c(OC)c3)c(C#N)c2n1. The van der Waals surface area contributed by atoms with Crippen LogP contribution >= 0.6 is 0 Å². The lowest BCUT2D eigenvalue weighted by atomic mass is 9.98. The number of hydrogen-bond acceptors (Lipinski definition) is 6. The number of hydrogen-bond donors (Lipinski definition) is 0. The summed E-state index contributed by atoms with van der Waals surface area (Å²) in [6, 6.07) is 17.8. The zero-order chi connectivity index (χ0) is 22.5. The summed E-state index contributed by atoms with van der Waals surface area (Å²) in [5.41, 5.74) is 4.23. The van der Waals surface area contributed by atoms with Gasteiger partial charge in [0, 0.05) is 0 Å². The fourth-order valence-corrected chi connectivity index (χ4v) is 3.38. The van der Waals surface area contributed by atoms with Crippen molar-refractivity contribution in [3.8, 4) is 23.4 Å². The van der Waals surface area contributed by atoms with Gasteiger partial charge in [0.15, 0.2) is 11.5 Å². The average Bonchev–Trinajstić information content (AvgIpc) is 2.83. The van der Waals surface area contributed by atoms with E-state index < -0.39 is 0 Å². The average molecular weight is 429 g/mol. The number of aromatic nitrogens is 2. The molecule has 0 atom stereocenters. The first-order chi connectivity index (χ1) is 15.6. The molecule has 0 aliphatic heterocycles. The van der Waals surface area contributed by atoms with Crippen LogP contribution in [-0.2, 0) is 13.0 Å². The van der Waals surface area contributed by atoms with Crippen molar-refractivity contribution in [1.29, 1.82) is 5.26 Å². The second-order valence-electron chi connectivity index (χ2n) is 7.07. The monoisotopic (exact) mass is 429 g/mol. The van der Waals surface area contributed by atoms with Crippen LogP contribution in [0.2, 0.25) is 0 Å². The van der Waals surface area contributed by atoms with Crippen molar-refractivity contribution in [2.75, 3.05) is 14.2 Å². The first-order valence-electron chi connectivity index (χ1n) is 9.88. The van der Waals surface area contributed by atoms with Gasteiger partial charge in [0.05, 0.1) is 31.5 Å². The number of halogens is 1. The Morgan fingerprint density at radius 1 is 0.938 bits per heavy atom. The molecule has 0 saturated heterocycles. The van der Waals surface area contributed by atoms with Crippen LogP contribution in [0.5, 0.6) is 17.4 Å². The van der Waals surface area contributed by atoms with Crippen molar-refractivity contribution in [3.63, 3.8) is 0 Å². The maximum absolute atomic E-state index is 13.1. The number of rotatable bonds is 7. The summed E-state index contributed by atoms with van der Waals surface area (Å²) in [5, 5.41) is 9.77. The maximum atomic E-state index is 13.1. The van der Waals surface area contributed by atoms with Gasteiger partial charge in [0.1, 0.15) is 24.0 Å². The van der Waals surface area contributed by atoms with Crippen LogP contribution in [0.4, 0.5) is 4.39 Å². The topological polar surface area (TPSA) is 77.3 Å². The quantitative estimate of drug-likeness (QED) is 0.419. The van der Waals surface area contributed by atoms with Crippen LogP contribution < -0.4 is 14.2 Å². The summed E-state index contributed by atoms with van der Waals surface area (Å²) >= 11 is 0. The molecular formula is C25H20FN3O3. The normalized spacial score (nSPS) is 10.6. The molecule has 4 aromatic rings. The van der Waals surface area contributed by atoms with Gasteiger partial charge in [0.2, 0.25) is 5.88 Å². The summed E-state index contributed by atoms with van der Waals surface area (Å²) in [7, 11) is 3.08. The third-order valence-corrected chi connectivity index (χ3v) is 5.03. The van der Waals surface area contributed by atoms with Crippen LogP contribution in [0.3, 0.4) is 0 Å². The van der Waals surface area contributed by atoms with Crippen molar-refractivity contribution in [3.05, 3.63) is 88.9 Å². The minimum Gasteiger partial charge on any atom is -0.493 e. The van der Waals surface area contributed by atoms with E-state index in [1.165, 1.54) is 25.4 Å². The minimum absolute atomic E-state index is 0.287. The Morgan fingerprint density at radius 2 is 1.72 bits per heavy atom. The number of nitriles is 1. The Kier molecular flexibility index (Phi) is 6.13. The first kappa shape index (κ1) is 21.1. The summed E-state index contributed by atoms with van der Waals surface area (Å²) in [6.45, 7) is 0.291. The Labute approximate surface area is 184 Å².